The minimum absolute atomic E-state index is 0.120. The van der Waals surface area contributed by atoms with E-state index in [0.29, 0.717) is 60.9 Å². The van der Waals surface area contributed by atoms with Crippen molar-refractivity contribution in [1.29, 1.82) is 0 Å². The number of amides is 2. The van der Waals surface area contributed by atoms with E-state index in [1.807, 2.05) is 6.92 Å². The lowest BCUT2D eigenvalue weighted by Crippen LogP contribution is -2.32. The van der Waals surface area contributed by atoms with E-state index >= 15 is 0 Å². The number of hydrogen-bond donors (Lipinski definition) is 2. The van der Waals surface area contributed by atoms with E-state index in [4.69, 9.17) is 42.1 Å². The van der Waals surface area contributed by atoms with Crippen LogP contribution in [0.5, 0.6) is 23.0 Å². The monoisotopic (exact) mass is 623 g/mol. The number of carbonyl (C=O) groups is 2. The number of benzene rings is 3. The number of hydrazone groups is 1. The maximum absolute atomic E-state index is 12.3. The summed E-state index contributed by atoms with van der Waals surface area (Å²) in [4.78, 5) is 24.6. The molecule has 38 heavy (non-hydrogen) atoms. The lowest BCUT2D eigenvalue weighted by molar-refractivity contribution is -0.136. The van der Waals surface area contributed by atoms with E-state index in [1.165, 1.54) is 20.4 Å². The van der Waals surface area contributed by atoms with Gasteiger partial charge in [0.2, 0.25) is 0 Å². The average Bonchev–Trinajstić information content (AvgIpc) is 2.89. The van der Waals surface area contributed by atoms with Gasteiger partial charge in [0, 0.05) is 21.7 Å². The van der Waals surface area contributed by atoms with Crippen molar-refractivity contribution in [3.05, 3.63) is 74.2 Å². The summed E-state index contributed by atoms with van der Waals surface area (Å²) >= 11 is 16.0. The summed E-state index contributed by atoms with van der Waals surface area (Å²) in [5.74, 6) is -0.153. The predicted octanol–water partition coefficient (Wildman–Crippen LogP) is 5.84. The number of halogens is 3. The maximum Gasteiger partial charge on any atom is 0.329 e. The molecule has 0 heterocycles. The first-order valence-electron chi connectivity index (χ1n) is 11.2. The fraction of sp³-hybridized carbons (Fsp3) is 0.192. The first-order chi connectivity index (χ1) is 18.3. The van der Waals surface area contributed by atoms with Gasteiger partial charge in [-0.1, -0.05) is 29.3 Å². The number of nitrogens with one attached hydrogen (secondary N) is 2. The van der Waals surface area contributed by atoms with Crippen molar-refractivity contribution in [2.75, 3.05) is 26.1 Å². The molecule has 0 radical (unpaired) electrons. The molecular formula is C26H24BrCl2N3O6. The molecule has 0 aliphatic heterocycles. The maximum atomic E-state index is 12.3. The highest BCUT2D eigenvalue weighted by Gasteiger charge is 2.17. The third-order valence-electron chi connectivity index (χ3n) is 5.00. The third kappa shape index (κ3) is 7.53. The first-order valence-corrected chi connectivity index (χ1v) is 12.7. The molecule has 0 bridgehead atoms. The van der Waals surface area contributed by atoms with Crippen LogP contribution in [0.2, 0.25) is 10.0 Å². The quantitative estimate of drug-likeness (QED) is 0.167. The van der Waals surface area contributed by atoms with Crippen molar-refractivity contribution in [2.24, 2.45) is 5.10 Å². The summed E-state index contributed by atoms with van der Waals surface area (Å²) in [6, 6.07) is 13.4. The van der Waals surface area contributed by atoms with Crippen LogP contribution >= 0.6 is 39.1 Å². The molecule has 0 aliphatic carbocycles. The Morgan fingerprint density at radius 1 is 0.974 bits per heavy atom. The molecule has 0 fully saturated rings. The molecule has 3 aromatic rings. The number of nitrogens with zero attached hydrogens (tertiary/aromatic N) is 1. The second-order valence-electron chi connectivity index (χ2n) is 7.47. The van der Waals surface area contributed by atoms with Gasteiger partial charge >= 0.3 is 11.8 Å². The summed E-state index contributed by atoms with van der Waals surface area (Å²) in [6.07, 6.45) is 1.36. The van der Waals surface area contributed by atoms with Gasteiger partial charge in [-0.3, -0.25) is 9.59 Å². The topological polar surface area (TPSA) is 107 Å². The van der Waals surface area contributed by atoms with Crippen LogP contribution in [-0.4, -0.2) is 38.9 Å². The fourth-order valence-corrected chi connectivity index (χ4v) is 4.26. The van der Waals surface area contributed by atoms with Gasteiger partial charge in [-0.15, -0.1) is 0 Å². The molecule has 200 valence electrons. The summed E-state index contributed by atoms with van der Waals surface area (Å²) in [6.45, 7) is 2.33. The van der Waals surface area contributed by atoms with Gasteiger partial charge in [-0.25, -0.2) is 5.43 Å². The van der Waals surface area contributed by atoms with Crippen LogP contribution in [0.15, 0.2) is 58.1 Å². The van der Waals surface area contributed by atoms with E-state index in [0.717, 1.165) is 0 Å². The Hall–Kier alpha value is -3.47. The lowest BCUT2D eigenvalue weighted by atomic mass is 10.2. The second kappa shape index (κ2) is 13.9. The molecule has 0 saturated heterocycles. The number of anilines is 1. The van der Waals surface area contributed by atoms with Gasteiger partial charge in [-0.05, 0) is 64.8 Å². The van der Waals surface area contributed by atoms with E-state index < -0.39 is 11.8 Å². The zero-order valence-corrected chi connectivity index (χ0v) is 23.7. The van der Waals surface area contributed by atoms with Crippen LogP contribution in [-0.2, 0) is 16.2 Å². The van der Waals surface area contributed by atoms with Crippen LogP contribution < -0.4 is 29.7 Å². The minimum Gasteiger partial charge on any atom is -0.497 e. The Labute approximate surface area is 238 Å². The summed E-state index contributed by atoms with van der Waals surface area (Å²) in [5.41, 5.74) is 3.71. The van der Waals surface area contributed by atoms with Gasteiger partial charge in [-0.2, -0.15) is 5.10 Å². The largest absolute Gasteiger partial charge is 0.497 e. The van der Waals surface area contributed by atoms with E-state index in [9.17, 15) is 9.59 Å². The Kier molecular flexibility index (Phi) is 10.6. The molecule has 0 unspecified atom stereocenters. The highest BCUT2D eigenvalue weighted by atomic mass is 79.9. The SMILES string of the molecule is CCOc1cc(C=NNC(=O)C(=O)Nc2ccc(OC)cc2OC)cc(Br)c1OCc1c(Cl)cccc1Cl. The Bertz CT molecular complexity index is 1330. The summed E-state index contributed by atoms with van der Waals surface area (Å²) in [5, 5.41) is 7.32. The molecule has 3 aromatic carbocycles. The van der Waals surface area contributed by atoms with E-state index in [2.05, 4.69) is 31.8 Å². The van der Waals surface area contributed by atoms with Crippen LogP contribution in [0.3, 0.4) is 0 Å². The number of rotatable bonds is 10. The standard InChI is InChI=1S/C26H24BrCl2N3O6/c1-4-37-23-11-15(10-18(27)24(23)38-14-17-19(28)6-5-7-20(17)29)13-30-32-26(34)25(33)31-21-9-8-16(35-2)12-22(21)36-3/h5-13H,4,14H2,1-3H3,(H,31,33)(H,32,34). The predicted molar refractivity (Wildman–Crippen MR) is 150 cm³/mol. The fourth-order valence-electron chi connectivity index (χ4n) is 3.18. The minimum atomic E-state index is -0.972. The van der Waals surface area contributed by atoms with Crippen molar-refractivity contribution >= 4 is 62.8 Å². The molecule has 9 nitrogen and oxygen atoms in total. The van der Waals surface area contributed by atoms with E-state index in [-0.39, 0.29) is 6.61 Å². The van der Waals surface area contributed by atoms with Gasteiger partial charge in [0.25, 0.3) is 0 Å². The summed E-state index contributed by atoms with van der Waals surface area (Å²) in [7, 11) is 2.94. The van der Waals surface area contributed by atoms with Gasteiger partial charge in [0.15, 0.2) is 11.5 Å². The normalized spacial score (nSPS) is 10.7. The number of methoxy groups -OCH3 is 2. The van der Waals surface area contributed by atoms with Crippen molar-refractivity contribution in [3.63, 3.8) is 0 Å². The molecule has 0 aromatic heterocycles. The van der Waals surface area contributed by atoms with Crippen LogP contribution in [0, 0.1) is 0 Å². The Morgan fingerprint density at radius 2 is 1.71 bits per heavy atom. The van der Waals surface area contributed by atoms with Gasteiger partial charge in [0.1, 0.15) is 18.1 Å². The Morgan fingerprint density at radius 3 is 2.37 bits per heavy atom. The van der Waals surface area contributed by atoms with Crippen molar-refractivity contribution in [1.82, 2.24) is 5.43 Å². The highest BCUT2D eigenvalue weighted by Crippen LogP contribution is 2.38. The molecule has 0 aliphatic rings. The molecule has 0 spiro atoms. The molecule has 12 heteroatoms. The second-order valence-corrected chi connectivity index (χ2v) is 9.14. The van der Waals surface area contributed by atoms with Crippen LogP contribution in [0.1, 0.15) is 18.1 Å². The van der Waals surface area contributed by atoms with Crippen molar-refractivity contribution in [2.45, 2.75) is 13.5 Å². The van der Waals surface area contributed by atoms with Crippen LogP contribution in [0.4, 0.5) is 5.69 Å². The number of ether oxygens (including phenoxy) is 4. The molecule has 3 rings (SSSR count). The zero-order chi connectivity index (χ0) is 27.7. The van der Waals surface area contributed by atoms with Crippen molar-refractivity contribution in [3.8, 4) is 23.0 Å². The number of carbonyl (C=O) groups excluding carboxylic acids is 2. The number of hydrogen-bond acceptors (Lipinski definition) is 7. The molecule has 2 amide bonds. The molecular weight excluding hydrogens is 601 g/mol. The summed E-state index contributed by atoms with van der Waals surface area (Å²) < 4.78 is 22.6. The highest BCUT2D eigenvalue weighted by molar-refractivity contribution is 9.10. The zero-order valence-electron chi connectivity index (χ0n) is 20.6. The smallest absolute Gasteiger partial charge is 0.329 e. The molecule has 2 N–H and O–H groups in total. The van der Waals surface area contributed by atoms with Gasteiger partial charge in [0.05, 0.1) is 37.2 Å². The first kappa shape index (κ1) is 29.1. The van der Waals surface area contributed by atoms with Crippen molar-refractivity contribution < 1.29 is 28.5 Å². The molecule has 0 atom stereocenters. The van der Waals surface area contributed by atoms with Crippen LogP contribution in [0.25, 0.3) is 0 Å². The average molecular weight is 625 g/mol. The molecule has 0 saturated carbocycles. The lowest BCUT2D eigenvalue weighted by Gasteiger charge is -2.15. The third-order valence-corrected chi connectivity index (χ3v) is 6.29. The Balaban J connectivity index is 1.68. The van der Waals surface area contributed by atoms with Gasteiger partial charge < -0.3 is 24.3 Å². The van der Waals surface area contributed by atoms with E-state index in [1.54, 1.807) is 48.5 Å².